The van der Waals surface area contributed by atoms with Gasteiger partial charge in [-0.25, -0.2) is 8.42 Å². The molecule has 1 aliphatic heterocycles. The Balaban J connectivity index is 2.40. The van der Waals surface area contributed by atoms with Gasteiger partial charge < -0.3 is 15.0 Å². The van der Waals surface area contributed by atoms with E-state index in [0.717, 1.165) is 31.9 Å². The average molecular weight is 319 g/mol. The van der Waals surface area contributed by atoms with Gasteiger partial charge in [0, 0.05) is 32.9 Å². The second-order valence-electron chi connectivity index (χ2n) is 6.52. The van der Waals surface area contributed by atoms with E-state index in [1.54, 1.807) is 7.05 Å². The number of ether oxygens (including phenoxy) is 1. The van der Waals surface area contributed by atoms with Gasteiger partial charge in [-0.2, -0.15) is 0 Å². The van der Waals surface area contributed by atoms with Crippen LogP contribution in [-0.4, -0.2) is 69.7 Å². The minimum Gasteiger partial charge on any atom is -0.372 e. The molecule has 0 atom stereocenters. The van der Waals surface area contributed by atoms with Gasteiger partial charge in [0.2, 0.25) is 0 Å². The number of nitrogens with zero attached hydrogens (tertiary/aromatic N) is 2. The lowest BCUT2D eigenvalue weighted by molar-refractivity contribution is -0.0772. The normalized spacial score (nSPS) is 18.9. The van der Waals surface area contributed by atoms with E-state index >= 15 is 0 Å². The van der Waals surface area contributed by atoms with Crippen LogP contribution in [0.3, 0.4) is 0 Å². The van der Waals surface area contributed by atoms with Crippen molar-refractivity contribution in [3.05, 3.63) is 0 Å². The molecule has 0 aromatic heterocycles. The van der Waals surface area contributed by atoms with E-state index in [1.807, 2.05) is 0 Å². The molecule has 6 nitrogen and oxygen atoms in total. The largest absolute Gasteiger partial charge is 0.372 e. The van der Waals surface area contributed by atoms with E-state index in [9.17, 15) is 8.42 Å². The summed E-state index contributed by atoms with van der Waals surface area (Å²) in [6.07, 6.45) is 3.45. The molecule has 1 aliphatic rings. The Labute approximate surface area is 128 Å². The molecule has 1 heterocycles. The maximum absolute atomic E-state index is 11.1. The summed E-state index contributed by atoms with van der Waals surface area (Å²) in [5.41, 5.74) is -0.109. The molecule has 1 saturated heterocycles. The molecule has 0 aromatic rings. The van der Waals surface area contributed by atoms with Crippen molar-refractivity contribution in [1.82, 2.24) is 10.2 Å². The molecule has 0 aliphatic carbocycles. The van der Waals surface area contributed by atoms with Crippen molar-refractivity contribution in [3.63, 3.8) is 0 Å². The fraction of sp³-hybridized carbons (Fsp3) is 0.929. The van der Waals surface area contributed by atoms with Gasteiger partial charge in [0.25, 0.3) is 0 Å². The van der Waals surface area contributed by atoms with Crippen LogP contribution in [0, 0.1) is 0 Å². The number of aliphatic imine (C=N–C) groups is 1. The summed E-state index contributed by atoms with van der Waals surface area (Å²) in [6.45, 7) is 8.36. The highest BCUT2D eigenvalue weighted by molar-refractivity contribution is 7.90. The summed E-state index contributed by atoms with van der Waals surface area (Å²) in [4.78, 5) is 6.38. The van der Waals surface area contributed by atoms with E-state index in [-0.39, 0.29) is 17.5 Å². The molecule has 21 heavy (non-hydrogen) atoms. The molecule has 0 spiro atoms. The van der Waals surface area contributed by atoms with Crippen molar-refractivity contribution < 1.29 is 13.2 Å². The van der Waals surface area contributed by atoms with E-state index in [0.29, 0.717) is 6.54 Å². The van der Waals surface area contributed by atoms with Crippen LogP contribution in [0.2, 0.25) is 0 Å². The number of hydrogen-bond acceptors (Lipinski definition) is 4. The predicted octanol–water partition coefficient (Wildman–Crippen LogP) is 0.886. The molecule has 1 fully saturated rings. The van der Waals surface area contributed by atoms with Gasteiger partial charge in [-0.15, -0.1) is 0 Å². The maximum atomic E-state index is 11.1. The van der Waals surface area contributed by atoms with Crippen LogP contribution in [0.4, 0.5) is 0 Å². The van der Waals surface area contributed by atoms with Gasteiger partial charge in [0.05, 0.1) is 17.5 Å². The first-order chi connectivity index (χ1) is 9.61. The van der Waals surface area contributed by atoms with Gasteiger partial charge in [-0.1, -0.05) is 0 Å². The van der Waals surface area contributed by atoms with Crippen LogP contribution in [-0.2, 0) is 14.6 Å². The van der Waals surface area contributed by atoms with Gasteiger partial charge in [-0.3, -0.25) is 4.99 Å². The molecular formula is C14H29N3O3S. The molecule has 1 rings (SSSR count). The van der Waals surface area contributed by atoms with Gasteiger partial charge in [0.15, 0.2) is 5.96 Å². The van der Waals surface area contributed by atoms with Crippen molar-refractivity contribution in [2.45, 2.75) is 45.3 Å². The van der Waals surface area contributed by atoms with Gasteiger partial charge in [0.1, 0.15) is 9.84 Å². The summed E-state index contributed by atoms with van der Waals surface area (Å²) in [5.74, 6) is 0.892. The zero-order valence-corrected chi connectivity index (χ0v) is 14.7. The molecule has 0 aromatic carbocycles. The molecule has 0 amide bonds. The standard InChI is InChI=1S/C14H29N3O3S/c1-14(2,3)20-12-6-9-17(10-7-12)13(15-4)16-8-11-21(5,18)19/h12H,6-11H2,1-5H3,(H,15,16). The summed E-state index contributed by atoms with van der Waals surface area (Å²) in [6, 6.07) is 0. The molecule has 124 valence electrons. The maximum Gasteiger partial charge on any atom is 0.193 e. The van der Waals surface area contributed by atoms with Crippen molar-refractivity contribution >= 4 is 15.8 Å². The van der Waals surface area contributed by atoms with Crippen LogP contribution >= 0.6 is 0 Å². The van der Waals surface area contributed by atoms with Crippen molar-refractivity contribution in [2.75, 3.05) is 38.7 Å². The van der Waals surface area contributed by atoms with Crippen LogP contribution in [0.15, 0.2) is 4.99 Å². The number of sulfone groups is 1. The zero-order chi connectivity index (χ0) is 16.1. The molecule has 1 N–H and O–H groups in total. The van der Waals surface area contributed by atoms with Crippen molar-refractivity contribution in [1.29, 1.82) is 0 Å². The van der Waals surface area contributed by atoms with Crippen molar-refractivity contribution in [2.24, 2.45) is 4.99 Å². The van der Waals surface area contributed by atoms with Crippen LogP contribution in [0.1, 0.15) is 33.6 Å². The number of piperidine rings is 1. The van der Waals surface area contributed by atoms with E-state index in [4.69, 9.17) is 4.74 Å². The Hall–Kier alpha value is -0.820. The second-order valence-corrected chi connectivity index (χ2v) is 8.78. The lowest BCUT2D eigenvalue weighted by Gasteiger charge is -2.36. The Bertz CT molecular complexity index is 447. The van der Waals surface area contributed by atoms with E-state index in [1.165, 1.54) is 6.26 Å². The number of hydrogen-bond donors (Lipinski definition) is 1. The minimum absolute atomic E-state index is 0.109. The predicted molar refractivity (Wildman–Crippen MR) is 86.5 cm³/mol. The lowest BCUT2D eigenvalue weighted by atomic mass is 10.1. The molecule has 7 heteroatoms. The Kier molecular flexibility index (Phi) is 6.46. The lowest BCUT2D eigenvalue weighted by Crippen LogP contribution is -2.48. The van der Waals surface area contributed by atoms with Crippen LogP contribution in [0.5, 0.6) is 0 Å². The molecule has 0 bridgehead atoms. The topological polar surface area (TPSA) is 71.0 Å². The van der Waals surface area contributed by atoms with E-state index in [2.05, 4.69) is 36.0 Å². The number of guanidine groups is 1. The Morgan fingerprint density at radius 3 is 2.33 bits per heavy atom. The third-order valence-corrected chi connectivity index (χ3v) is 4.18. The summed E-state index contributed by atoms with van der Waals surface area (Å²) < 4.78 is 28.3. The third kappa shape index (κ3) is 7.66. The quantitative estimate of drug-likeness (QED) is 0.615. The fourth-order valence-electron chi connectivity index (χ4n) is 2.37. The van der Waals surface area contributed by atoms with Gasteiger partial charge >= 0.3 is 0 Å². The van der Waals surface area contributed by atoms with Crippen LogP contribution < -0.4 is 5.32 Å². The Morgan fingerprint density at radius 2 is 1.90 bits per heavy atom. The first kappa shape index (κ1) is 18.2. The highest BCUT2D eigenvalue weighted by Gasteiger charge is 2.25. The summed E-state index contributed by atoms with van der Waals surface area (Å²) >= 11 is 0. The minimum atomic E-state index is -2.94. The first-order valence-electron chi connectivity index (χ1n) is 7.42. The van der Waals surface area contributed by atoms with Gasteiger partial charge in [-0.05, 0) is 33.6 Å². The fourth-order valence-corrected chi connectivity index (χ4v) is 2.84. The first-order valence-corrected chi connectivity index (χ1v) is 9.48. The smallest absolute Gasteiger partial charge is 0.193 e. The van der Waals surface area contributed by atoms with E-state index < -0.39 is 9.84 Å². The van der Waals surface area contributed by atoms with Crippen molar-refractivity contribution in [3.8, 4) is 0 Å². The average Bonchev–Trinajstić information content (AvgIpc) is 2.33. The molecular weight excluding hydrogens is 290 g/mol. The summed E-state index contributed by atoms with van der Waals surface area (Å²) in [7, 11) is -1.22. The highest BCUT2D eigenvalue weighted by Crippen LogP contribution is 2.20. The number of rotatable bonds is 4. The highest BCUT2D eigenvalue weighted by atomic mass is 32.2. The Morgan fingerprint density at radius 1 is 1.33 bits per heavy atom. The zero-order valence-electron chi connectivity index (χ0n) is 13.8. The molecule has 0 radical (unpaired) electrons. The molecule has 0 unspecified atom stereocenters. The third-order valence-electron chi connectivity index (χ3n) is 3.23. The number of likely N-dealkylation sites (tertiary alicyclic amines) is 1. The SMILES string of the molecule is CN=C(NCCS(C)(=O)=O)N1CCC(OC(C)(C)C)CC1. The number of nitrogens with one attached hydrogen (secondary N) is 1. The summed E-state index contributed by atoms with van der Waals surface area (Å²) in [5, 5.41) is 3.11. The second kappa shape index (κ2) is 7.45. The monoisotopic (exact) mass is 319 g/mol. The van der Waals surface area contributed by atoms with Crippen LogP contribution in [0.25, 0.3) is 0 Å². The molecule has 0 saturated carbocycles.